The first-order valence-electron chi connectivity index (χ1n) is 22.9. The Morgan fingerprint density at radius 3 is 1.80 bits per heavy atom. The third-order valence-corrected chi connectivity index (χ3v) is 13.6. The van der Waals surface area contributed by atoms with Crippen LogP contribution in [0.25, 0.3) is 16.7 Å². The first-order chi connectivity index (χ1) is 32.6. The van der Waals surface area contributed by atoms with E-state index in [-0.39, 0.29) is 29.6 Å². The summed E-state index contributed by atoms with van der Waals surface area (Å²) >= 11 is 0. The van der Waals surface area contributed by atoms with E-state index in [1.807, 2.05) is 24.3 Å². The summed E-state index contributed by atoms with van der Waals surface area (Å²) in [5.74, 6) is -0.342. The predicted molar refractivity (Wildman–Crippen MR) is 268 cm³/mol. The molecular weight excluding hydrogens is 815 g/mol. The zero-order valence-corrected chi connectivity index (χ0v) is 36.3. The van der Waals surface area contributed by atoms with Gasteiger partial charge in [-0.1, -0.05) is 103 Å². The highest BCUT2D eigenvalue weighted by Gasteiger charge is 2.39. The second-order valence-corrected chi connectivity index (χ2v) is 17.4. The lowest BCUT2D eigenvalue weighted by atomic mass is 9.91. The van der Waals surface area contributed by atoms with Crippen molar-refractivity contribution in [2.75, 3.05) is 19.6 Å². The highest BCUT2D eigenvalue weighted by Crippen LogP contribution is 2.51. The minimum atomic E-state index is -0.272. The summed E-state index contributed by atoms with van der Waals surface area (Å²) in [7, 11) is 0. The van der Waals surface area contributed by atoms with E-state index in [9.17, 15) is 8.78 Å². The second kappa shape index (κ2) is 16.5. The molecule has 320 valence electrons. The van der Waals surface area contributed by atoms with Crippen molar-refractivity contribution in [3.05, 3.63) is 259 Å². The quantitative estimate of drug-likeness (QED) is 0.143. The summed E-state index contributed by atoms with van der Waals surface area (Å²) in [4.78, 5) is 9.41. The number of nitrogens with zero attached hydrogens (tertiary/aromatic N) is 4. The lowest BCUT2D eigenvalue weighted by Gasteiger charge is -2.34. The van der Waals surface area contributed by atoms with Gasteiger partial charge in [-0.25, -0.2) is 8.78 Å². The summed E-state index contributed by atoms with van der Waals surface area (Å²) < 4.78 is 28.8. The molecule has 2 aliphatic heterocycles. The third-order valence-electron chi connectivity index (χ3n) is 13.6. The zero-order chi connectivity index (χ0) is 44.1. The molecule has 0 amide bonds. The standard InChI is InChI=1S/C60H46F2N4/c61-43-23-31-49(32-24-43)63(51-35-37-59-55(39-51)53-15-7-9-17-57(53)65(59)45-11-3-1-4-12-45)47-27-19-41(20-28-47)42-21-29-48(30-22-42)64(50-33-25-44(62)26-34-50)52-36-38-60-56(40-52)54-16-8-10-18-58(54)66(60)46-13-5-2-6-14-46/h1-5,7-13,15-37,39-40,53,57,60H,6,14,38H2. The Morgan fingerprint density at radius 2 is 1.14 bits per heavy atom. The molecule has 0 radical (unpaired) electrons. The third kappa shape index (κ3) is 6.97. The molecule has 12 rings (SSSR count). The molecule has 66 heavy (non-hydrogen) atoms. The van der Waals surface area contributed by atoms with Gasteiger partial charge in [-0.2, -0.15) is 0 Å². The van der Waals surface area contributed by atoms with Crippen LogP contribution in [0.2, 0.25) is 0 Å². The van der Waals surface area contributed by atoms with Crippen molar-refractivity contribution in [3.63, 3.8) is 0 Å². The molecule has 0 saturated heterocycles. The van der Waals surface area contributed by atoms with Crippen LogP contribution in [0.1, 0.15) is 36.3 Å². The maximum Gasteiger partial charge on any atom is 0.123 e. The second-order valence-electron chi connectivity index (χ2n) is 17.4. The van der Waals surface area contributed by atoms with Gasteiger partial charge in [0.05, 0.1) is 12.1 Å². The number of rotatable bonds is 9. The van der Waals surface area contributed by atoms with E-state index < -0.39 is 0 Å². The monoisotopic (exact) mass is 860 g/mol. The van der Waals surface area contributed by atoms with Crippen LogP contribution < -0.4 is 19.6 Å². The van der Waals surface area contributed by atoms with Crippen molar-refractivity contribution in [3.8, 4) is 11.1 Å². The summed E-state index contributed by atoms with van der Waals surface area (Å²) in [6.45, 7) is 0. The molecule has 0 bridgehead atoms. The first-order valence-corrected chi connectivity index (χ1v) is 22.9. The minimum Gasteiger partial charge on any atom is -0.337 e. The first kappa shape index (κ1) is 39.6. The van der Waals surface area contributed by atoms with E-state index in [0.29, 0.717) is 0 Å². The highest BCUT2D eigenvalue weighted by molar-refractivity contribution is 5.93. The van der Waals surface area contributed by atoms with Gasteiger partial charge in [-0.05, 0) is 163 Å². The fourth-order valence-corrected chi connectivity index (χ4v) is 10.6. The van der Waals surface area contributed by atoms with Gasteiger partial charge in [0, 0.05) is 68.4 Å². The Hall–Kier alpha value is -7.96. The van der Waals surface area contributed by atoms with E-state index in [4.69, 9.17) is 0 Å². The van der Waals surface area contributed by atoms with Crippen molar-refractivity contribution >= 4 is 51.1 Å². The van der Waals surface area contributed by atoms with Crippen LogP contribution in [0.15, 0.2) is 236 Å². The lowest BCUT2D eigenvalue weighted by molar-refractivity contribution is 0.627. The molecule has 3 atom stereocenters. The van der Waals surface area contributed by atoms with Gasteiger partial charge in [0.1, 0.15) is 11.6 Å². The SMILES string of the molecule is Fc1ccc(N(C2=CCC3C(=C2)c2ccccc2N3C2=CC=CCC2)c2ccc(-c3ccc(N(c4ccc(F)cc4)c4ccc5c(c4)C4C=CC=CC4N5c4ccccc4)cc3)cc2)cc1. The van der Waals surface area contributed by atoms with Crippen LogP contribution in [0, 0.1) is 11.6 Å². The molecule has 7 aromatic rings. The summed E-state index contributed by atoms with van der Waals surface area (Å²) in [5, 5.41) is 0. The number of halogens is 2. The molecule has 4 nitrogen and oxygen atoms in total. The lowest BCUT2D eigenvalue weighted by Crippen LogP contribution is -2.32. The molecule has 0 fully saturated rings. The van der Waals surface area contributed by atoms with Crippen molar-refractivity contribution < 1.29 is 8.78 Å². The molecule has 2 heterocycles. The zero-order valence-electron chi connectivity index (χ0n) is 36.3. The predicted octanol–water partition coefficient (Wildman–Crippen LogP) is 15.8. The van der Waals surface area contributed by atoms with Crippen LogP contribution in [-0.4, -0.2) is 12.1 Å². The number of hydrogen-bond donors (Lipinski definition) is 0. The van der Waals surface area contributed by atoms with Crippen LogP contribution in [0.4, 0.5) is 54.3 Å². The fraction of sp³-hybridized carbons (Fsp3) is 0.100. The molecule has 3 aliphatic carbocycles. The molecular formula is C60H46F2N4. The summed E-state index contributed by atoms with van der Waals surface area (Å²) in [5.41, 5.74) is 16.7. The van der Waals surface area contributed by atoms with Gasteiger partial charge in [0.25, 0.3) is 0 Å². The molecule has 3 unspecified atom stereocenters. The van der Waals surface area contributed by atoms with Crippen LogP contribution in [0.3, 0.4) is 0 Å². The molecule has 0 aromatic heterocycles. The van der Waals surface area contributed by atoms with E-state index in [0.717, 1.165) is 70.2 Å². The molecule has 0 spiro atoms. The average molecular weight is 861 g/mol. The highest BCUT2D eigenvalue weighted by atomic mass is 19.1. The maximum atomic E-state index is 14.4. The average Bonchev–Trinajstić information content (AvgIpc) is 3.89. The molecule has 6 heteroatoms. The van der Waals surface area contributed by atoms with Crippen molar-refractivity contribution in [2.24, 2.45) is 0 Å². The number of fused-ring (bicyclic) bond motifs is 6. The molecule has 7 aromatic carbocycles. The van der Waals surface area contributed by atoms with E-state index in [2.05, 4.69) is 196 Å². The Balaban J connectivity index is 0.866. The minimum absolute atomic E-state index is 0.178. The largest absolute Gasteiger partial charge is 0.337 e. The van der Waals surface area contributed by atoms with E-state index in [1.54, 1.807) is 0 Å². The van der Waals surface area contributed by atoms with Gasteiger partial charge < -0.3 is 19.6 Å². The Labute approximate surface area is 385 Å². The molecule has 0 N–H and O–H groups in total. The van der Waals surface area contributed by atoms with Crippen molar-refractivity contribution in [1.29, 1.82) is 0 Å². The normalized spacial score (nSPS) is 18.8. The molecule has 5 aliphatic rings. The van der Waals surface area contributed by atoms with E-state index in [1.165, 1.54) is 58.0 Å². The number of allylic oxidation sites excluding steroid dienone is 7. The summed E-state index contributed by atoms with van der Waals surface area (Å²) in [6.07, 6.45) is 23.1. The maximum absolute atomic E-state index is 14.4. The Morgan fingerprint density at radius 1 is 0.530 bits per heavy atom. The van der Waals surface area contributed by atoms with Crippen molar-refractivity contribution in [1.82, 2.24) is 0 Å². The van der Waals surface area contributed by atoms with Gasteiger partial charge in [-0.3, -0.25) is 0 Å². The molecule has 0 saturated carbocycles. The number of hydrogen-bond acceptors (Lipinski definition) is 4. The Bertz CT molecular complexity index is 3140. The summed E-state index contributed by atoms with van der Waals surface area (Å²) in [6, 6.07) is 57.2. The topological polar surface area (TPSA) is 13.0 Å². The van der Waals surface area contributed by atoms with Gasteiger partial charge in [0.2, 0.25) is 0 Å². The number of para-hydroxylation sites is 2. The number of anilines is 8. The Kier molecular flexibility index (Phi) is 9.93. The van der Waals surface area contributed by atoms with E-state index >= 15 is 0 Å². The van der Waals surface area contributed by atoms with Crippen molar-refractivity contribution in [2.45, 2.75) is 37.3 Å². The number of benzene rings is 7. The van der Waals surface area contributed by atoms with Crippen LogP contribution >= 0.6 is 0 Å². The van der Waals surface area contributed by atoms with Gasteiger partial charge >= 0.3 is 0 Å². The van der Waals surface area contributed by atoms with Gasteiger partial charge in [-0.15, -0.1) is 0 Å². The van der Waals surface area contributed by atoms with Gasteiger partial charge in [0.15, 0.2) is 0 Å². The smallest absolute Gasteiger partial charge is 0.123 e. The van der Waals surface area contributed by atoms with Crippen LogP contribution in [0.5, 0.6) is 0 Å². The van der Waals surface area contributed by atoms with Crippen LogP contribution in [-0.2, 0) is 0 Å². The fourth-order valence-electron chi connectivity index (χ4n) is 10.6.